The molecule has 18 heavy (non-hydrogen) atoms. The van der Waals surface area contributed by atoms with Crippen molar-refractivity contribution in [2.24, 2.45) is 0 Å². The highest BCUT2D eigenvalue weighted by Gasteiger charge is 2.07. The topological polar surface area (TPSA) is 47.0 Å². The summed E-state index contributed by atoms with van der Waals surface area (Å²) in [5.74, 6) is 0.781. The van der Waals surface area contributed by atoms with Crippen LogP contribution in [0.1, 0.15) is 5.69 Å². The van der Waals surface area contributed by atoms with E-state index < -0.39 is 0 Å². The minimum atomic E-state index is 0.631. The molecular weight excluding hydrogens is 362 g/mol. The van der Waals surface area contributed by atoms with E-state index in [4.69, 9.17) is 4.74 Å². The molecule has 0 radical (unpaired) electrons. The van der Waals surface area contributed by atoms with E-state index in [0.717, 1.165) is 26.1 Å². The Hall–Kier alpha value is -1.14. The van der Waals surface area contributed by atoms with E-state index in [1.165, 1.54) is 6.33 Å². The highest BCUT2D eigenvalue weighted by Crippen LogP contribution is 2.34. The Bertz CT molecular complexity index is 534. The normalized spacial score (nSPS) is 10.2. The highest BCUT2D eigenvalue weighted by atomic mass is 79.9. The van der Waals surface area contributed by atoms with Crippen LogP contribution >= 0.6 is 31.9 Å². The third-order valence-electron chi connectivity index (χ3n) is 2.34. The lowest BCUT2D eigenvalue weighted by molar-refractivity contribution is 0.412. The molecule has 0 bridgehead atoms. The van der Waals surface area contributed by atoms with E-state index in [9.17, 15) is 0 Å². The molecular formula is C12H11Br2N3O. The van der Waals surface area contributed by atoms with E-state index in [0.29, 0.717) is 6.54 Å². The molecule has 1 heterocycles. The summed E-state index contributed by atoms with van der Waals surface area (Å²) in [6.07, 6.45) is 3.26. The molecule has 0 saturated carbocycles. The fourth-order valence-electron chi connectivity index (χ4n) is 1.43. The number of ether oxygens (including phenoxy) is 1. The second-order valence-electron chi connectivity index (χ2n) is 3.52. The van der Waals surface area contributed by atoms with E-state index in [2.05, 4.69) is 47.1 Å². The largest absolute Gasteiger partial charge is 0.495 e. The summed E-state index contributed by atoms with van der Waals surface area (Å²) >= 11 is 6.94. The maximum atomic E-state index is 5.26. The zero-order chi connectivity index (χ0) is 13.0. The fraction of sp³-hybridized carbons (Fsp3) is 0.167. The van der Waals surface area contributed by atoms with Crippen LogP contribution in [0.5, 0.6) is 5.75 Å². The third-order valence-corrected chi connectivity index (χ3v) is 3.62. The van der Waals surface area contributed by atoms with Crippen LogP contribution in [0.3, 0.4) is 0 Å². The Balaban J connectivity index is 2.14. The van der Waals surface area contributed by atoms with Crippen molar-refractivity contribution in [2.45, 2.75) is 6.54 Å². The van der Waals surface area contributed by atoms with Gasteiger partial charge in [0.25, 0.3) is 0 Å². The van der Waals surface area contributed by atoms with Crippen LogP contribution in [-0.2, 0) is 6.54 Å². The monoisotopic (exact) mass is 371 g/mol. The van der Waals surface area contributed by atoms with E-state index >= 15 is 0 Å². The van der Waals surface area contributed by atoms with Crippen molar-refractivity contribution in [3.63, 3.8) is 0 Å². The zero-order valence-corrected chi connectivity index (χ0v) is 12.8. The quantitative estimate of drug-likeness (QED) is 0.890. The van der Waals surface area contributed by atoms with Crippen molar-refractivity contribution in [3.05, 3.63) is 45.4 Å². The first-order chi connectivity index (χ1) is 8.70. The Morgan fingerprint density at radius 3 is 2.78 bits per heavy atom. The molecule has 0 amide bonds. The van der Waals surface area contributed by atoms with Crippen LogP contribution in [0.25, 0.3) is 0 Å². The van der Waals surface area contributed by atoms with Gasteiger partial charge in [-0.3, -0.25) is 0 Å². The van der Waals surface area contributed by atoms with Crippen LogP contribution in [0, 0.1) is 0 Å². The van der Waals surface area contributed by atoms with Crippen LogP contribution < -0.4 is 10.1 Å². The van der Waals surface area contributed by atoms with Crippen molar-refractivity contribution in [1.29, 1.82) is 0 Å². The van der Waals surface area contributed by atoms with Gasteiger partial charge in [0.05, 0.1) is 29.5 Å². The highest BCUT2D eigenvalue weighted by molar-refractivity contribution is 9.11. The van der Waals surface area contributed by atoms with E-state index in [-0.39, 0.29) is 0 Å². The number of anilines is 1. The smallest absolute Gasteiger partial charge is 0.135 e. The Morgan fingerprint density at radius 2 is 2.11 bits per heavy atom. The van der Waals surface area contributed by atoms with Gasteiger partial charge in [0.15, 0.2) is 0 Å². The van der Waals surface area contributed by atoms with Crippen LogP contribution in [-0.4, -0.2) is 17.1 Å². The summed E-state index contributed by atoms with van der Waals surface area (Å²) < 4.78 is 7.13. The molecule has 2 rings (SSSR count). The Morgan fingerprint density at radius 1 is 1.28 bits per heavy atom. The minimum absolute atomic E-state index is 0.631. The zero-order valence-electron chi connectivity index (χ0n) is 9.65. The van der Waals surface area contributed by atoms with Crippen molar-refractivity contribution in [3.8, 4) is 5.75 Å². The molecule has 0 aliphatic heterocycles. The average Bonchev–Trinajstić information content (AvgIpc) is 2.39. The van der Waals surface area contributed by atoms with Crippen molar-refractivity contribution in [1.82, 2.24) is 9.97 Å². The molecule has 0 aliphatic carbocycles. The number of methoxy groups -OCH3 is 1. The number of hydrogen-bond acceptors (Lipinski definition) is 4. The predicted octanol–water partition coefficient (Wildman–Crippen LogP) is 3.62. The standard InChI is InChI=1S/C12H11Br2N3O/c1-18-12-5-11(9(13)4-10(12)14)16-6-8-2-3-15-7-17-8/h2-5,7,16H,6H2,1H3. The number of nitrogens with zero attached hydrogens (tertiary/aromatic N) is 2. The van der Waals surface area contributed by atoms with Gasteiger partial charge in [0, 0.05) is 16.7 Å². The fourth-order valence-corrected chi connectivity index (χ4v) is 2.73. The van der Waals surface area contributed by atoms with Gasteiger partial charge in [-0.25, -0.2) is 9.97 Å². The van der Waals surface area contributed by atoms with Gasteiger partial charge in [0.2, 0.25) is 0 Å². The summed E-state index contributed by atoms with van der Waals surface area (Å²) in [4.78, 5) is 8.04. The van der Waals surface area contributed by atoms with Gasteiger partial charge in [-0.05, 0) is 44.0 Å². The molecule has 0 spiro atoms. The third kappa shape index (κ3) is 3.20. The van der Waals surface area contributed by atoms with Gasteiger partial charge >= 0.3 is 0 Å². The summed E-state index contributed by atoms with van der Waals surface area (Å²) in [5.41, 5.74) is 1.88. The van der Waals surface area contributed by atoms with Gasteiger partial charge in [0.1, 0.15) is 12.1 Å². The van der Waals surface area contributed by atoms with E-state index in [1.807, 2.05) is 18.2 Å². The van der Waals surface area contributed by atoms with Crippen LogP contribution in [0.2, 0.25) is 0 Å². The SMILES string of the molecule is COc1cc(NCc2ccncn2)c(Br)cc1Br. The molecule has 1 aromatic heterocycles. The van der Waals surface area contributed by atoms with Gasteiger partial charge in [-0.1, -0.05) is 0 Å². The Kier molecular flexibility index (Phi) is 4.54. The second-order valence-corrected chi connectivity index (χ2v) is 5.23. The molecule has 2 aromatic rings. The molecule has 0 fully saturated rings. The molecule has 0 aliphatic rings. The first kappa shape index (κ1) is 13.3. The first-order valence-electron chi connectivity index (χ1n) is 5.22. The van der Waals surface area contributed by atoms with Crippen molar-refractivity contribution >= 4 is 37.5 Å². The molecule has 4 nitrogen and oxygen atoms in total. The maximum absolute atomic E-state index is 5.26. The molecule has 0 atom stereocenters. The van der Waals surface area contributed by atoms with Crippen LogP contribution in [0.4, 0.5) is 5.69 Å². The number of aromatic nitrogens is 2. The molecule has 0 saturated heterocycles. The Labute approximate surface area is 122 Å². The predicted molar refractivity (Wildman–Crippen MR) is 77.8 cm³/mol. The molecule has 1 N–H and O–H groups in total. The maximum Gasteiger partial charge on any atom is 0.135 e. The molecule has 1 aromatic carbocycles. The van der Waals surface area contributed by atoms with Gasteiger partial charge in [-0.2, -0.15) is 0 Å². The lowest BCUT2D eigenvalue weighted by Gasteiger charge is -2.11. The average molecular weight is 373 g/mol. The number of hydrogen-bond donors (Lipinski definition) is 1. The summed E-state index contributed by atoms with van der Waals surface area (Å²) in [6, 6.07) is 5.74. The number of rotatable bonds is 4. The minimum Gasteiger partial charge on any atom is -0.495 e. The summed E-state index contributed by atoms with van der Waals surface area (Å²) in [7, 11) is 1.64. The van der Waals surface area contributed by atoms with Gasteiger partial charge in [-0.15, -0.1) is 0 Å². The molecule has 94 valence electrons. The number of halogens is 2. The summed E-state index contributed by atoms with van der Waals surface area (Å²) in [6.45, 7) is 0.631. The van der Waals surface area contributed by atoms with Gasteiger partial charge < -0.3 is 10.1 Å². The molecule has 6 heteroatoms. The number of benzene rings is 1. The number of nitrogens with one attached hydrogen (secondary N) is 1. The van der Waals surface area contributed by atoms with Crippen molar-refractivity contribution in [2.75, 3.05) is 12.4 Å². The second kappa shape index (κ2) is 6.15. The van der Waals surface area contributed by atoms with Crippen LogP contribution in [0.15, 0.2) is 39.7 Å². The lowest BCUT2D eigenvalue weighted by atomic mass is 10.3. The van der Waals surface area contributed by atoms with Crippen molar-refractivity contribution < 1.29 is 4.74 Å². The van der Waals surface area contributed by atoms with E-state index in [1.54, 1.807) is 13.3 Å². The lowest BCUT2D eigenvalue weighted by Crippen LogP contribution is -2.02. The molecule has 0 unspecified atom stereocenters. The first-order valence-corrected chi connectivity index (χ1v) is 6.81. The summed E-state index contributed by atoms with van der Waals surface area (Å²) in [5, 5.41) is 3.29.